The van der Waals surface area contributed by atoms with Crippen LogP contribution in [0.3, 0.4) is 0 Å². The molecule has 2 heterocycles. The molecule has 1 aromatic heterocycles. The van der Waals surface area contributed by atoms with Crippen LogP contribution >= 0.6 is 0 Å². The number of ether oxygens (including phenoxy) is 2. The van der Waals surface area contributed by atoms with Crippen LogP contribution in [0.15, 0.2) is 72.8 Å². The highest BCUT2D eigenvalue weighted by Crippen LogP contribution is 2.32. The minimum absolute atomic E-state index is 0.171. The Bertz CT molecular complexity index is 1340. The lowest BCUT2D eigenvalue weighted by Crippen LogP contribution is -2.11. The van der Waals surface area contributed by atoms with Crippen molar-refractivity contribution >= 4 is 34.7 Å². The second-order valence-corrected chi connectivity index (χ2v) is 7.93. The molecule has 0 saturated heterocycles. The lowest BCUT2D eigenvalue weighted by molar-refractivity contribution is 0.102. The number of rotatable bonds is 6. The summed E-state index contributed by atoms with van der Waals surface area (Å²) >= 11 is 0. The van der Waals surface area contributed by atoms with Crippen LogP contribution < -0.4 is 25.4 Å². The smallest absolute Gasteiger partial charge is 0.255 e. The highest BCUT2D eigenvalue weighted by atomic mass is 16.7. The van der Waals surface area contributed by atoms with Gasteiger partial charge in [-0.25, -0.2) is 4.98 Å². The molecule has 1 aliphatic rings. The third-order valence-electron chi connectivity index (χ3n) is 5.21. The first kappa shape index (κ1) is 21.3. The van der Waals surface area contributed by atoms with Gasteiger partial charge in [-0.05, 0) is 68.4 Å². The zero-order valence-corrected chi connectivity index (χ0v) is 18.8. The van der Waals surface area contributed by atoms with E-state index in [0.717, 1.165) is 17.1 Å². The van der Waals surface area contributed by atoms with Crippen molar-refractivity contribution in [3.63, 3.8) is 0 Å². The SMILES string of the molecule is Cc1ccc(Nc2nc(C)cc(Nc3ccc(NC(=O)c4ccc5c(c4)OCO5)cc3)n2)cc1. The molecular formula is C26H23N5O3. The van der Waals surface area contributed by atoms with Crippen molar-refractivity contribution in [2.45, 2.75) is 13.8 Å². The monoisotopic (exact) mass is 453 g/mol. The number of aromatic nitrogens is 2. The Morgan fingerprint density at radius 2 is 1.44 bits per heavy atom. The van der Waals surface area contributed by atoms with Gasteiger partial charge in [-0.15, -0.1) is 0 Å². The van der Waals surface area contributed by atoms with E-state index in [-0.39, 0.29) is 12.7 Å². The molecule has 0 radical (unpaired) electrons. The Labute approximate surface area is 197 Å². The van der Waals surface area contributed by atoms with E-state index in [1.807, 2.05) is 68.4 Å². The van der Waals surface area contributed by atoms with Gasteiger partial charge >= 0.3 is 0 Å². The van der Waals surface area contributed by atoms with Gasteiger partial charge in [-0.2, -0.15) is 4.98 Å². The zero-order chi connectivity index (χ0) is 23.5. The maximum atomic E-state index is 12.6. The maximum absolute atomic E-state index is 12.6. The number of benzene rings is 3. The van der Waals surface area contributed by atoms with Crippen LogP contribution in [-0.4, -0.2) is 22.7 Å². The predicted octanol–water partition coefficient (Wildman–Crippen LogP) is 5.56. The Hall–Kier alpha value is -4.59. The first-order valence-electron chi connectivity index (χ1n) is 10.8. The number of carbonyl (C=O) groups is 1. The summed E-state index contributed by atoms with van der Waals surface area (Å²) in [5, 5.41) is 9.41. The molecule has 0 bridgehead atoms. The molecule has 0 aliphatic carbocycles. The average Bonchev–Trinajstić information content (AvgIpc) is 3.29. The standard InChI is InChI=1S/C26H23N5O3/c1-16-3-6-21(7-4-16)30-26-27-17(2)13-24(31-26)28-19-8-10-20(11-9-19)29-25(32)18-5-12-22-23(14-18)34-15-33-22/h3-14H,15H2,1-2H3,(H,29,32)(H2,27,28,30,31). The van der Waals surface area contributed by atoms with Crippen LogP contribution in [0.5, 0.6) is 11.5 Å². The van der Waals surface area contributed by atoms with Crippen LogP contribution in [0, 0.1) is 13.8 Å². The van der Waals surface area contributed by atoms with Crippen molar-refractivity contribution in [2.75, 3.05) is 22.7 Å². The second kappa shape index (κ2) is 9.11. The molecule has 0 fully saturated rings. The maximum Gasteiger partial charge on any atom is 0.255 e. The number of carbonyl (C=O) groups excluding carboxylic acids is 1. The fourth-order valence-corrected chi connectivity index (χ4v) is 3.48. The van der Waals surface area contributed by atoms with Gasteiger partial charge in [-0.3, -0.25) is 4.79 Å². The predicted molar refractivity (Wildman–Crippen MR) is 131 cm³/mol. The molecule has 8 heteroatoms. The van der Waals surface area contributed by atoms with Gasteiger partial charge < -0.3 is 25.4 Å². The number of hydrogen-bond donors (Lipinski definition) is 3. The van der Waals surface area contributed by atoms with Gasteiger partial charge in [0.1, 0.15) is 5.82 Å². The van der Waals surface area contributed by atoms with Crippen molar-refractivity contribution in [3.8, 4) is 11.5 Å². The summed E-state index contributed by atoms with van der Waals surface area (Å²) in [5.41, 5.74) is 4.95. The van der Waals surface area contributed by atoms with Crippen molar-refractivity contribution in [1.29, 1.82) is 0 Å². The quantitative estimate of drug-likeness (QED) is 0.351. The third kappa shape index (κ3) is 4.91. The summed E-state index contributed by atoms with van der Waals surface area (Å²) in [5.74, 6) is 2.17. The molecule has 3 aromatic carbocycles. The summed E-state index contributed by atoms with van der Waals surface area (Å²) in [4.78, 5) is 21.6. The van der Waals surface area contributed by atoms with E-state index in [4.69, 9.17) is 9.47 Å². The van der Waals surface area contributed by atoms with Crippen LogP contribution in [-0.2, 0) is 0 Å². The third-order valence-corrected chi connectivity index (χ3v) is 5.21. The molecule has 1 aliphatic heterocycles. The number of hydrogen-bond acceptors (Lipinski definition) is 7. The lowest BCUT2D eigenvalue weighted by Gasteiger charge is -2.11. The number of nitrogens with one attached hydrogen (secondary N) is 3. The van der Waals surface area contributed by atoms with Gasteiger partial charge in [0, 0.05) is 34.4 Å². The molecule has 4 aromatic rings. The molecular weight excluding hydrogens is 430 g/mol. The average molecular weight is 454 g/mol. The Morgan fingerprint density at radius 1 is 0.765 bits per heavy atom. The van der Waals surface area contributed by atoms with Gasteiger partial charge in [0.15, 0.2) is 11.5 Å². The van der Waals surface area contributed by atoms with E-state index in [1.54, 1.807) is 18.2 Å². The molecule has 0 spiro atoms. The Balaban J connectivity index is 1.24. The lowest BCUT2D eigenvalue weighted by atomic mass is 10.2. The molecule has 3 N–H and O–H groups in total. The fourth-order valence-electron chi connectivity index (χ4n) is 3.48. The molecule has 8 nitrogen and oxygen atoms in total. The molecule has 5 rings (SSSR count). The van der Waals surface area contributed by atoms with E-state index < -0.39 is 0 Å². The second-order valence-electron chi connectivity index (χ2n) is 7.93. The summed E-state index contributed by atoms with van der Waals surface area (Å²) in [6, 6.07) is 22.4. The zero-order valence-electron chi connectivity index (χ0n) is 18.8. The van der Waals surface area contributed by atoms with Gasteiger partial charge in [-0.1, -0.05) is 17.7 Å². The number of fused-ring (bicyclic) bond motifs is 1. The van der Waals surface area contributed by atoms with Crippen molar-refractivity contribution in [3.05, 3.63) is 89.6 Å². The van der Waals surface area contributed by atoms with Crippen LogP contribution in [0.4, 0.5) is 28.8 Å². The normalized spacial score (nSPS) is 11.7. The number of aryl methyl sites for hydroxylation is 2. The van der Waals surface area contributed by atoms with Crippen molar-refractivity contribution in [2.24, 2.45) is 0 Å². The minimum atomic E-state index is -0.225. The van der Waals surface area contributed by atoms with Crippen molar-refractivity contribution < 1.29 is 14.3 Å². The Kier molecular flexibility index (Phi) is 5.70. The van der Waals surface area contributed by atoms with Crippen LogP contribution in [0.1, 0.15) is 21.6 Å². The number of anilines is 5. The van der Waals surface area contributed by atoms with Gasteiger partial charge in [0.2, 0.25) is 12.7 Å². The number of nitrogens with zero attached hydrogens (tertiary/aromatic N) is 2. The minimum Gasteiger partial charge on any atom is -0.454 e. The molecule has 0 saturated carbocycles. The Morgan fingerprint density at radius 3 is 2.24 bits per heavy atom. The highest BCUT2D eigenvalue weighted by Gasteiger charge is 2.16. The first-order chi connectivity index (χ1) is 16.5. The first-order valence-corrected chi connectivity index (χ1v) is 10.8. The summed E-state index contributed by atoms with van der Waals surface area (Å²) in [6.07, 6.45) is 0. The van der Waals surface area contributed by atoms with E-state index in [0.29, 0.717) is 34.5 Å². The summed E-state index contributed by atoms with van der Waals surface area (Å²) in [6.45, 7) is 4.13. The molecule has 34 heavy (non-hydrogen) atoms. The molecule has 170 valence electrons. The highest BCUT2D eigenvalue weighted by molar-refractivity contribution is 6.04. The summed E-state index contributed by atoms with van der Waals surface area (Å²) < 4.78 is 10.6. The fraction of sp³-hybridized carbons (Fsp3) is 0.115. The largest absolute Gasteiger partial charge is 0.454 e. The van der Waals surface area contributed by atoms with Gasteiger partial charge in [0.25, 0.3) is 5.91 Å². The number of amides is 1. The van der Waals surface area contributed by atoms with E-state index in [9.17, 15) is 4.79 Å². The van der Waals surface area contributed by atoms with Crippen LogP contribution in [0.2, 0.25) is 0 Å². The molecule has 0 atom stereocenters. The summed E-state index contributed by atoms with van der Waals surface area (Å²) in [7, 11) is 0. The van der Waals surface area contributed by atoms with E-state index >= 15 is 0 Å². The van der Waals surface area contributed by atoms with Crippen molar-refractivity contribution in [1.82, 2.24) is 9.97 Å². The van der Waals surface area contributed by atoms with E-state index in [1.165, 1.54) is 5.56 Å². The van der Waals surface area contributed by atoms with Gasteiger partial charge in [0.05, 0.1) is 0 Å². The van der Waals surface area contributed by atoms with E-state index in [2.05, 4.69) is 25.9 Å². The molecule has 1 amide bonds. The topological polar surface area (TPSA) is 97.4 Å². The molecule has 0 unspecified atom stereocenters. The van der Waals surface area contributed by atoms with Crippen LogP contribution in [0.25, 0.3) is 0 Å².